The van der Waals surface area contributed by atoms with Gasteiger partial charge in [-0.25, -0.2) is 0 Å². The largest absolute Gasteiger partial charge is 0.0724 e. The van der Waals surface area contributed by atoms with Crippen molar-refractivity contribution in [3.05, 3.63) is 0 Å². The summed E-state index contributed by atoms with van der Waals surface area (Å²) in [5, 5.41) is 0. The molecule has 0 aromatic rings. The van der Waals surface area contributed by atoms with Gasteiger partial charge in [0.25, 0.3) is 0 Å². The summed E-state index contributed by atoms with van der Waals surface area (Å²) in [6.45, 7) is 17.9. The highest BCUT2D eigenvalue weighted by Crippen LogP contribution is 2.21. The van der Waals surface area contributed by atoms with E-state index in [0.717, 1.165) is 5.54 Å². The Morgan fingerprint density at radius 1 is 1.06 bits per heavy atom. The summed E-state index contributed by atoms with van der Waals surface area (Å²) in [5.74, 6) is 0. The third-order valence-corrected chi connectivity index (χ3v) is 26.0. The van der Waals surface area contributed by atoms with Crippen LogP contribution in [-0.4, -0.2) is 35.2 Å². The van der Waals surface area contributed by atoms with Crippen molar-refractivity contribution in [1.29, 1.82) is 0 Å². The molecule has 0 aromatic carbocycles. The molecule has 0 radical (unpaired) electrons. The molecule has 0 rings (SSSR count). The Hall–Kier alpha value is 0.868. The van der Waals surface area contributed by atoms with Crippen LogP contribution in [0.25, 0.3) is 0 Å². The van der Waals surface area contributed by atoms with E-state index >= 15 is 0 Å². The molecule has 0 fully saturated rings. The summed E-state index contributed by atoms with van der Waals surface area (Å²) in [4.78, 5) is 0. The van der Waals surface area contributed by atoms with Crippen molar-refractivity contribution in [3.8, 4) is 0 Å². The molecule has 16 heavy (non-hydrogen) atoms. The second kappa shape index (κ2) is 8.05. The highest BCUT2D eigenvalue weighted by molar-refractivity contribution is 6.95. The predicted molar refractivity (Wildman–Crippen MR) is 92.1 cm³/mol. The Morgan fingerprint density at radius 3 is 2.00 bits per heavy atom. The first-order valence-corrected chi connectivity index (χ1v) is 18.1. The zero-order chi connectivity index (χ0) is 12.8. The zero-order valence-corrected chi connectivity index (χ0v) is 17.5. The van der Waals surface area contributed by atoms with Crippen molar-refractivity contribution in [2.24, 2.45) is 0 Å². The van der Waals surface area contributed by atoms with Crippen molar-refractivity contribution in [2.45, 2.75) is 75.5 Å². The van der Waals surface area contributed by atoms with Crippen molar-refractivity contribution < 1.29 is 0 Å². The molecule has 0 saturated carbocycles. The van der Waals surface area contributed by atoms with E-state index in [9.17, 15) is 0 Å². The van der Waals surface area contributed by atoms with E-state index in [4.69, 9.17) is 0 Å². The molecule has 0 aromatic heterocycles. The highest BCUT2D eigenvalue weighted by atomic mass is 28.4. The van der Waals surface area contributed by atoms with Gasteiger partial charge in [-0.1, -0.05) is 75.5 Å². The minimum atomic E-state index is -0.777. The van der Waals surface area contributed by atoms with Gasteiger partial charge in [-0.2, -0.15) is 0 Å². The standard InChI is InChI=1S/C12H34Si4/c1-8-14(4)10-16(6,7)11-15(5)9-13-12(2)3/h12,14-15H,8-11,13H2,1-7H3. The first-order chi connectivity index (χ1) is 7.26. The van der Waals surface area contributed by atoms with Gasteiger partial charge in [-0.15, -0.1) is 0 Å². The molecule has 0 aliphatic carbocycles. The SMILES string of the molecule is CC[SiH](C)C[Si](C)(C)C[SiH](C)C[SiH2]C(C)C. The van der Waals surface area contributed by atoms with Crippen LogP contribution in [0.15, 0.2) is 0 Å². The van der Waals surface area contributed by atoms with Crippen LogP contribution in [0.2, 0.25) is 54.8 Å². The van der Waals surface area contributed by atoms with Crippen LogP contribution in [0.5, 0.6) is 0 Å². The lowest BCUT2D eigenvalue weighted by atomic mass is 10.6. The maximum Gasteiger partial charge on any atom is 0.0416 e. The fourth-order valence-corrected chi connectivity index (χ4v) is 28.8. The highest BCUT2D eigenvalue weighted by Gasteiger charge is 2.25. The molecule has 0 spiro atoms. The third-order valence-electron chi connectivity index (χ3n) is 3.74. The summed E-state index contributed by atoms with van der Waals surface area (Å²) < 4.78 is 0. The van der Waals surface area contributed by atoms with Gasteiger partial charge < -0.3 is 0 Å². The van der Waals surface area contributed by atoms with Gasteiger partial charge >= 0.3 is 0 Å². The van der Waals surface area contributed by atoms with Crippen molar-refractivity contribution in [3.63, 3.8) is 0 Å². The van der Waals surface area contributed by atoms with E-state index < -0.39 is 8.07 Å². The van der Waals surface area contributed by atoms with E-state index in [2.05, 4.69) is 47.0 Å². The molecule has 0 bridgehead atoms. The normalized spacial score (nSPS) is 17.2. The summed E-state index contributed by atoms with van der Waals surface area (Å²) >= 11 is 0. The molecular weight excluding hydrogens is 256 g/mol. The van der Waals surface area contributed by atoms with Crippen LogP contribution in [0, 0.1) is 0 Å². The van der Waals surface area contributed by atoms with Gasteiger partial charge in [0.15, 0.2) is 0 Å². The van der Waals surface area contributed by atoms with E-state index in [-0.39, 0.29) is 17.6 Å². The molecule has 2 unspecified atom stereocenters. The molecule has 0 nitrogen and oxygen atoms in total. The monoisotopic (exact) mass is 290 g/mol. The third kappa shape index (κ3) is 8.96. The Morgan fingerprint density at radius 2 is 1.56 bits per heavy atom. The van der Waals surface area contributed by atoms with Gasteiger partial charge in [-0.3, -0.25) is 0 Å². The van der Waals surface area contributed by atoms with Crippen molar-refractivity contribution >= 4 is 35.2 Å². The average Bonchev–Trinajstić information content (AvgIpc) is 2.13. The first-order valence-electron chi connectivity index (χ1n) is 7.26. The summed E-state index contributed by atoms with van der Waals surface area (Å²) in [7, 11) is -1.10. The lowest BCUT2D eigenvalue weighted by Gasteiger charge is -2.28. The molecule has 0 aliphatic heterocycles. The van der Waals surface area contributed by atoms with E-state index in [1.807, 2.05) is 0 Å². The lowest BCUT2D eigenvalue weighted by Crippen LogP contribution is -2.36. The van der Waals surface area contributed by atoms with E-state index in [0.29, 0.717) is 9.52 Å². The number of rotatable bonds is 8. The maximum absolute atomic E-state index is 2.67. The molecular formula is C12H34Si4. The fourth-order valence-electron chi connectivity index (χ4n) is 2.83. The van der Waals surface area contributed by atoms with Crippen LogP contribution in [0.4, 0.5) is 0 Å². The second-order valence-electron chi connectivity index (χ2n) is 7.16. The minimum absolute atomic E-state index is 0.293. The quantitative estimate of drug-likeness (QED) is 0.601. The van der Waals surface area contributed by atoms with Gasteiger partial charge in [0, 0.05) is 35.2 Å². The lowest BCUT2D eigenvalue weighted by molar-refractivity contribution is 1.06. The van der Waals surface area contributed by atoms with Gasteiger partial charge in [-0.05, 0) is 0 Å². The van der Waals surface area contributed by atoms with Crippen molar-refractivity contribution in [2.75, 3.05) is 0 Å². The topological polar surface area (TPSA) is 0 Å². The second-order valence-corrected chi connectivity index (χ2v) is 24.5. The predicted octanol–water partition coefficient (Wildman–Crippen LogP) is 3.46. The van der Waals surface area contributed by atoms with Crippen LogP contribution in [-0.2, 0) is 0 Å². The van der Waals surface area contributed by atoms with Crippen LogP contribution in [0.3, 0.4) is 0 Å². The van der Waals surface area contributed by atoms with E-state index in [1.54, 1.807) is 17.0 Å². The minimum Gasteiger partial charge on any atom is -0.0724 e. The molecule has 0 saturated heterocycles. The molecule has 0 aliphatic rings. The Balaban J connectivity index is 3.94. The van der Waals surface area contributed by atoms with Gasteiger partial charge in [0.1, 0.15) is 0 Å². The zero-order valence-electron chi connectivity index (χ0n) is 12.8. The van der Waals surface area contributed by atoms with E-state index in [1.165, 1.54) is 6.04 Å². The Labute approximate surface area is 111 Å². The summed E-state index contributed by atoms with van der Waals surface area (Å²) in [6.07, 6.45) is 0. The van der Waals surface area contributed by atoms with Gasteiger partial charge in [0.2, 0.25) is 0 Å². The Kier molecular flexibility index (Phi) is 8.49. The molecule has 0 N–H and O–H groups in total. The first kappa shape index (κ1) is 16.9. The molecule has 98 valence electrons. The van der Waals surface area contributed by atoms with Crippen LogP contribution in [0.1, 0.15) is 20.8 Å². The molecule has 4 heteroatoms. The molecule has 0 heterocycles. The van der Waals surface area contributed by atoms with Gasteiger partial charge in [0.05, 0.1) is 0 Å². The molecule has 0 amide bonds. The number of hydrogen-bond donors (Lipinski definition) is 0. The fraction of sp³-hybridized carbons (Fsp3) is 1.00. The summed E-state index contributed by atoms with van der Waals surface area (Å²) in [6, 6.07) is 1.52. The Bertz CT molecular complexity index is 180. The van der Waals surface area contributed by atoms with Crippen LogP contribution < -0.4 is 0 Å². The van der Waals surface area contributed by atoms with Crippen molar-refractivity contribution in [1.82, 2.24) is 0 Å². The maximum atomic E-state index is 2.67. The smallest absolute Gasteiger partial charge is 0.0416 e. The molecule has 2 atom stereocenters. The number of hydrogen-bond acceptors (Lipinski definition) is 0. The summed E-state index contributed by atoms with van der Waals surface area (Å²) in [5.41, 5.74) is 6.24. The van der Waals surface area contributed by atoms with Crippen LogP contribution >= 0.6 is 0 Å². The average molecular weight is 291 g/mol.